The van der Waals surface area contributed by atoms with Crippen molar-refractivity contribution in [2.45, 2.75) is 59.4 Å². The van der Waals surface area contributed by atoms with Crippen LogP contribution in [0.3, 0.4) is 0 Å². The highest BCUT2D eigenvalue weighted by atomic mass is 16.6. The molecule has 4 nitrogen and oxygen atoms in total. The Labute approximate surface area is 106 Å². The van der Waals surface area contributed by atoms with Gasteiger partial charge in [0, 0.05) is 6.54 Å². The van der Waals surface area contributed by atoms with Gasteiger partial charge in [0.25, 0.3) is 0 Å². The average Bonchev–Trinajstić information content (AvgIpc) is 2.33. The molecule has 0 amide bonds. The lowest BCUT2D eigenvalue weighted by molar-refractivity contribution is -1.12. The predicted octanol–water partition coefficient (Wildman–Crippen LogP) is 2.89. The molecule has 0 saturated heterocycles. The van der Waals surface area contributed by atoms with Gasteiger partial charge in [-0.15, -0.1) is 0 Å². The first kappa shape index (κ1) is 16.8. The maximum absolute atomic E-state index is 10.5. The number of nitrogens with zero attached hydrogens (tertiary/aromatic N) is 2. The number of quaternary nitrogens is 1. The van der Waals surface area contributed by atoms with E-state index in [4.69, 9.17) is 0 Å². The van der Waals surface area contributed by atoms with Gasteiger partial charge in [0.15, 0.2) is 0 Å². The minimum absolute atomic E-state index is 0.0495. The van der Waals surface area contributed by atoms with Crippen molar-refractivity contribution in [3.05, 3.63) is 0 Å². The summed E-state index contributed by atoms with van der Waals surface area (Å²) in [6.45, 7) is 10.9. The van der Waals surface area contributed by atoms with Crippen LogP contribution in [0.5, 0.6) is 0 Å². The van der Waals surface area contributed by atoms with Crippen molar-refractivity contribution in [2.24, 2.45) is 0 Å². The first-order chi connectivity index (χ1) is 8.00. The van der Waals surface area contributed by atoms with Gasteiger partial charge in [0.2, 0.25) is 0 Å². The molecular weight excluding hydrogens is 216 g/mol. The number of likely N-dealkylation sites (N-methyl/N-ethyl adjacent to an activating group) is 1. The van der Waals surface area contributed by atoms with Crippen LogP contribution in [0.4, 0.5) is 0 Å². The smallest absolute Gasteiger partial charge is 0.131 e. The normalized spacial score (nSPS) is 17.1. The summed E-state index contributed by atoms with van der Waals surface area (Å²) in [6, 6.07) is 0.0495. The first-order valence-corrected chi connectivity index (χ1v) is 7.03. The molecule has 0 bridgehead atoms. The van der Waals surface area contributed by atoms with E-state index in [1.165, 1.54) is 5.06 Å². The SMILES string of the molecule is CCCCN(O)CC(C)[N+](O)(CC)CCCC. The zero-order valence-corrected chi connectivity index (χ0v) is 12.0. The lowest BCUT2D eigenvalue weighted by Gasteiger charge is -2.36. The third-order valence-corrected chi connectivity index (χ3v) is 3.51. The molecule has 0 aliphatic rings. The summed E-state index contributed by atoms with van der Waals surface area (Å²) >= 11 is 0. The first-order valence-electron chi connectivity index (χ1n) is 7.03. The second-order valence-electron chi connectivity index (χ2n) is 5.00. The van der Waals surface area contributed by atoms with E-state index in [9.17, 15) is 10.4 Å². The van der Waals surface area contributed by atoms with E-state index in [2.05, 4.69) is 13.8 Å². The van der Waals surface area contributed by atoms with Crippen LogP contribution in [-0.4, -0.2) is 52.3 Å². The molecule has 0 fully saturated rings. The van der Waals surface area contributed by atoms with E-state index in [1.807, 2.05) is 13.8 Å². The predicted molar refractivity (Wildman–Crippen MR) is 70.1 cm³/mol. The average molecular weight is 247 g/mol. The number of hydroxylamine groups is 5. The van der Waals surface area contributed by atoms with Gasteiger partial charge in [-0.05, 0) is 26.7 Å². The van der Waals surface area contributed by atoms with Gasteiger partial charge in [0.1, 0.15) is 19.1 Å². The van der Waals surface area contributed by atoms with Crippen molar-refractivity contribution >= 4 is 0 Å². The molecule has 0 rings (SSSR count). The van der Waals surface area contributed by atoms with Gasteiger partial charge in [-0.2, -0.15) is 9.71 Å². The molecule has 0 spiro atoms. The Morgan fingerprint density at radius 3 is 2.18 bits per heavy atom. The van der Waals surface area contributed by atoms with Gasteiger partial charge in [0.05, 0.1) is 6.54 Å². The van der Waals surface area contributed by atoms with Crippen molar-refractivity contribution in [1.82, 2.24) is 5.06 Å². The topological polar surface area (TPSA) is 43.7 Å². The molecule has 0 aliphatic heterocycles. The van der Waals surface area contributed by atoms with Gasteiger partial charge in [-0.3, -0.25) is 0 Å². The van der Waals surface area contributed by atoms with E-state index in [-0.39, 0.29) is 10.7 Å². The van der Waals surface area contributed by atoms with Crippen molar-refractivity contribution in [1.29, 1.82) is 0 Å². The lowest BCUT2D eigenvalue weighted by atomic mass is 10.2. The van der Waals surface area contributed by atoms with Crippen LogP contribution >= 0.6 is 0 Å². The summed E-state index contributed by atoms with van der Waals surface area (Å²) in [5.74, 6) is 0. The standard InChI is InChI=1S/C13H31N2O2/c1-5-8-10-14(16)12-13(4)15(17,7-3)11-9-6-2/h13,16-17H,5-12H2,1-4H3/q+1. The molecule has 0 aromatic carbocycles. The fraction of sp³-hybridized carbons (Fsp3) is 1.00. The monoisotopic (exact) mass is 247 g/mol. The molecule has 2 unspecified atom stereocenters. The Kier molecular flexibility index (Phi) is 8.78. The molecule has 0 saturated carbocycles. The van der Waals surface area contributed by atoms with Gasteiger partial charge >= 0.3 is 0 Å². The summed E-state index contributed by atoms with van der Waals surface area (Å²) in [5.41, 5.74) is 0. The highest BCUT2D eigenvalue weighted by Crippen LogP contribution is 2.13. The summed E-state index contributed by atoms with van der Waals surface area (Å²) in [7, 11) is 0. The number of unbranched alkanes of at least 4 members (excludes halogenated alkanes) is 2. The van der Waals surface area contributed by atoms with E-state index in [0.29, 0.717) is 19.6 Å². The largest absolute Gasteiger partial charge is 0.314 e. The summed E-state index contributed by atoms with van der Waals surface area (Å²) in [4.78, 5) is 0. The van der Waals surface area contributed by atoms with Crippen LogP contribution in [0.15, 0.2) is 0 Å². The zero-order valence-electron chi connectivity index (χ0n) is 12.0. The van der Waals surface area contributed by atoms with Crippen molar-refractivity contribution in [3.63, 3.8) is 0 Å². The molecule has 0 aliphatic carbocycles. The van der Waals surface area contributed by atoms with E-state index >= 15 is 0 Å². The number of rotatable bonds is 10. The van der Waals surface area contributed by atoms with Crippen LogP contribution in [0.25, 0.3) is 0 Å². The number of hydrogen-bond acceptors (Lipinski definition) is 3. The molecule has 0 radical (unpaired) electrons. The molecule has 0 aromatic heterocycles. The summed E-state index contributed by atoms with van der Waals surface area (Å²) in [6.07, 6.45) is 4.19. The molecule has 104 valence electrons. The van der Waals surface area contributed by atoms with Crippen LogP contribution in [-0.2, 0) is 0 Å². The van der Waals surface area contributed by atoms with Crippen molar-refractivity contribution < 1.29 is 15.1 Å². The summed E-state index contributed by atoms with van der Waals surface area (Å²) < 4.78 is 0.0665. The van der Waals surface area contributed by atoms with Crippen LogP contribution in [0.2, 0.25) is 0 Å². The maximum atomic E-state index is 10.5. The van der Waals surface area contributed by atoms with Crippen molar-refractivity contribution in [3.8, 4) is 0 Å². The molecule has 4 heteroatoms. The lowest BCUT2D eigenvalue weighted by Crippen LogP contribution is -2.55. The van der Waals surface area contributed by atoms with E-state index in [0.717, 1.165) is 32.2 Å². The molecule has 0 heterocycles. The maximum Gasteiger partial charge on any atom is 0.131 e. The Hall–Kier alpha value is -0.160. The third kappa shape index (κ3) is 6.36. The fourth-order valence-electron chi connectivity index (χ4n) is 2.01. The Balaban J connectivity index is 4.17. The van der Waals surface area contributed by atoms with Crippen molar-refractivity contribution in [2.75, 3.05) is 26.2 Å². The Bertz CT molecular complexity index is 190. The highest BCUT2D eigenvalue weighted by Gasteiger charge is 2.31. The fourth-order valence-corrected chi connectivity index (χ4v) is 2.01. The third-order valence-electron chi connectivity index (χ3n) is 3.51. The highest BCUT2D eigenvalue weighted by molar-refractivity contribution is 4.55. The van der Waals surface area contributed by atoms with Gasteiger partial charge in [-0.25, -0.2) is 5.21 Å². The molecule has 2 atom stereocenters. The zero-order chi connectivity index (χ0) is 13.3. The second kappa shape index (κ2) is 8.86. The van der Waals surface area contributed by atoms with Gasteiger partial charge < -0.3 is 5.21 Å². The Morgan fingerprint density at radius 1 is 1.12 bits per heavy atom. The molecule has 2 N–H and O–H groups in total. The van der Waals surface area contributed by atoms with E-state index in [1.54, 1.807) is 0 Å². The molecule has 0 aromatic rings. The minimum Gasteiger partial charge on any atom is -0.314 e. The Morgan fingerprint density at radius 2 is 1.71 bits per heavy atom. The minimum atomic E-state index is 0.0495. The molecular formula is C13H31N2O2+. The number of hydrogen-bond donors (Lipinski definition) is 2. The quantitative estimate of drug-likeness (QED) is 0.461. The molecule has 17 heavy (non-hydrogen) atoms. The van der Waals surface area contributed by atoms with Crippen LogP contribution in [0.1, 0.15) is 53.4 Å². The van der Waals surface area contributed by atoms with Crippen LogP contribution < -0.4 is 0 Å². The summed E-state index contributed by atoms with van der Waals surface area (Å²) in [5, 5.41) is 21.6. The van der Waals surface area contributed by atoms with Gasteiger partial charge in [-0.1, -0.05) is 26.7 Å². The van der Waals surface area contributed by atoms with E-state index < -0.39 is 0 Å². The van der Waals surface area contributed by atoms with Crippen LogP contribution in [0, 0.1) is 0 Å². The second-order valence-corrected chi connectivity index (χ2v) is 5.00.